The minimum atomic E-state index is -0.587. The summed E-state index contributed by atoms with van der Waals surface area (Å²) in [6.07, 6.45) is 3.29. The van der Waals surface area contributed by atoms with E-state index >= 15 is 0 Å². The number of rotatable bonds is 5. The number of aryl methyl sites for hydroxylation is 1. The molecule has 0 saturated carbocycles. The van der Waals surface area contributed by atoms with Crippen molar-refractivity contribution in [2.75, 3.05) is 13.2 Å². The Morgan fingerprint density at radius 1 is 1.54 bits per heavy atom. The number of primary amides is 1. The maximum atomic E-state index is 12.6. The van der Waals surface area contributed by atoms with E-state index in [2.05, 4.69) is 10.3 Å². The molecule has 0 bridgehead atoms. The highest BCUT2D eigenvalue weighted by atomic mass is 32.1. The van der Waals surface area contributed by atoms with Gasteiger partial charge in [-0.3, -0.25) is 19.0 Å². The molecule has 3 heterocycles. The van der Waals surface area contributed by atoms with Gasteiger partial charge in [0.25, 0.3) is 11.5 Å². The summed E-state index contributed by atoms with van der Waals surface area (Å²) in [6.45, 7) is 2.69. The monoisotopic (exact) mass is 350 g/mol. The molecule has 8 nitrogen and oxygen atoms in total. The lowest BCUT2D eigenvalue weighted by atomic mass is 10.2. The Morgan fingerprint density at radius 2 is 2.33 bits per heavy atom. The molecular weight excluding hydrogens is 332 g/mol. The van der Waals surface area contributed by atoms with Gasteiger partial charge in [0.1, 0.15) is 11.4 Å². The number of fused-ring (bicyclic) bond motifs is 1. The van der Waals surface area contributed by atoms with Crippen LogP contribution in [0.4, 0.5) is 0 Å². The number of carbonyl (C=O) groups excluding carboxylic acids is 2. The number of hydrogen-bond acceptors (Lipinski definition) is 6. The van der Waals surface area contributed by atoms with Gasteiger partial charge in [0.15, 0.2) is 0 Å². The van der Waals surface area contributed by atoms with Gasteiger partial charge in [-0.15, -0.1) is 11.3 Å². The molecule has 1 atom stereocenters. The van der Waals surface area contributed by atoms with Gasteiger partial charge in [0.05, 0.1) is 22.7 Å². The molecule has 1 aliphatic heterocycles. The summed E-state index contributed by atoms with van der Waals surface area (Å²) < 4.78 is 6.67. The van der Waals surface area contributed by atoms with Crippen LogP contribution in [-0.2, 0) is 16.1 Å². The minimum absolute atomic E-state index is 0.0449. The van der Waals surface area contributed by atoms with Gasteiger partial charge < -0.3 is 15.8 Å². The topological polar surface area (TPSA) is 116 Å². The quantitative estimate of drug-likeness (QED) is 0.797. The molecule has 2 aromatic heterocycles. The van der Waals surface area contributed by atoms with Crippen LogP contribution in [0.5, 0.6) is 0 Å². The lowest BCUT2D eigenvalue weighted by molar-refractivity contribution is -0.122. The standard InChI is InChI=1S/C15H18N4O4S/c1-8-11-14(24-12(8)13(16)21)18-7-19(15(11)22)6-10(20)17-5-9-3-2-4-23-9/h7,9H,2-6H2,1H3,(H2,16,21)(H,17,20)/t9-/m0/s1. The van der Waals surface area contributed by atoms with E-state index in [-0.39, 0.29) is 24.1 Å². The van der Waals surface area contributed by atoms with E-state index in [1.165, 1.54) is 10.9 Å². The molecule has 0 aromatic carbocycles. The number of ether oxygens (including phenoxy) is 1. The van der Waals surface area contributed by atoms with Crippen LogP contribution in [0.2, 0.25) is 0 Å². The molecule has 0 radical (unpaired) electrons. The SMILES string of the molecule is Cc1c(C(N)=O)sc2ncn(CC(=O)NC[C@@H]3CCCO3)c(=O)c12. The van der Waals surface area contributed by atoms with Crippen molar-refractivity contribution in [3.63, 3.8) is 0 Å². The lowest BCUT2D eigenvalue weighted by Crippen LogP contribution is -2.36. The molecule has 128 valence electrons. The van der Waals surface area contributed by atoms with E-state index in [0.717, 1.165) is 30.8 Å². The molecule has 0 aliphatic carbocycles. The summed E-state index contributed by atoms with van der Waals surface area (Å²) in [6, 6.07) is 0. The number of aromatic nitrogens is 2. The van der Waals surface area contributed by atoms with E-state index < -0.39 is 5.91 Å². The number of nitrogens with zero attached hydrogens (tertiary/aromatic N) is 2. The van der Waals surface area contributed by atoms with Crippen LogP contribution in [0.15, 0.2) is 11.1 Å². The Hall–Kier alpha value is -2.26. The number of nitrogens with one attached hydrogen (secondary N) is 1. The summed E-state index contributed by atoms with van der Waals surface area (Å²) in [7, 11) is 0. The molecule has 2 aromatic rings. The van der Waals surface area contributed by atoms with E-state index in [0.29, 0.717) is 27.2 Å². The first kappa shape index (κ1) is 16.6. The second kappa shape index (κ2) is 6.70. The van der Waals surface area contributed by atoms with E-state index in [1.807, 2.05) is 0 Å². The van der Waals surface area contributed by atoms with Crippen LogP contribution in [0.3, 0.4) is 0 Å². The van der Waals surface area contributed by atoms with Crippen LogP contribution in [0.1, 0.15) is 28.1 Å². The number of amides is 2. The summed E-state index contributed by atoms with van der Waals surface area (Å²) in [5.41, 5.74) is 5.46. The highest BCUT2D eigenvalue weighted by molar-refractivity contribution is 7.20. The van der Waals surface area contributed by atoms with Gasteiger partial charge in [0, 0.05) is 13.2 Å². The lowest BCUT2D eigenvalue weighted by Gasteiger charge is -2.11. The maximum absolute atomic E-state index is 12.6. The first-order valence-electron chi connectivity index (χ1n) is 7.64. The fourth-order valence-corrected chi connectivity index (χ4v) is 3.74. The molecule has 9 heteroatoms. The van der Waals surface area contributed by atoms with Crippen LogP contribution in [0, 0.1) is 6.92 Å². The van der Waals surface area contributed by atoms with Gasteiger partial charge in [-0.05, 0) is 25.3 Å². The Kier molecular flexibility index (Phi) is 4.63. The molecule has 2 amide bonds. The number of nitrogens with two attached hydrogens (primary N) is 1. The van der Waals surface area contributed by atoms with Crippen molar-refractivity contribution in [2.24, 2.45) is 5.73 Å². The van der Waals surface area contributed by atoms with Crippen LogP contribution in [0.25, 0.3) is 10.2 Å². The Morgan fingerprint density at radius 3 is 3.00 bits per heavy atom. The molecular formula is C15H18N4O4S. The molecule has 3 rings (SSSR count). The van der Waals surface area contributed by atoms with Crippen molar-refractivity contribution in [3.8, 4) is 0 Å². The van der Waals surface area contributed by atoms with Crippen molar-refractivity contribution in [1.29, 1.82) is 0 Å². The molecule has 1 saturated heterocycles. The van der Waals surface area contributed by atoms with Crippen LogP contribution >= 0.6 is 11.3 Å². The van der Waals surface area contributed by atoms with Gasteiger partial charge in [-0.2, -0.15) is 0 Å². The van der Waals surface area contributed by atoms with Gasteiger partial charge in [-0.25, -0.2) is 4.98 Å². The first-order valence-corrected chi connectivity index (χ1v) is 8.45. The number of hydrogen-bond donors (Lipinski definition) is 2. The zero-order valence-electron chi connectivity index (χ0n) is 13.2. The normalized spacial score (nSPS) is 17.3. The summed E-state index contributed by atoms with van der Waals surface area (Å²) in [5.74, 6) is -0.868. The van der Waals surface area contributed by atoms with E-state index in [4.69, 9.17) is 10.5 Å². The average Bonchev–Trinajstić information content (AvgIpc) is 3.16. The number of carbonyl (C=O) groups is 2. The zero-order valence-corrected chi connectivity index (χ0v) is 14.0. The molecule has 1 aliphatic rings. The predicted octanol–water partition coefficient (Wildman–Crippen LogP) is 0.161. The molecule has 1 fully saturated rings. The Balaban J connectivity index is 1.78. The van der Waals surface area contributed by atoms with Gasteiger partial charge >= 0.3 is 0 Å². The largest absolute Gasteiger partial charge is 0.376 e. The molecule has 0 spiro atoms. The van der Waals surface area contributed by atoms with Gasteiger partial charge in [-0.1, -0.05) is 0 Å². The average molecular weight is 350 g/mol. The second-order valence-electron chi connectivity index (χ2n) is 5.72. The zero-order chi connectivity index (χ0) is 17.3. The van der Waals surface area contributed by atoms with Crippen molar-refractivity contribution in [3.05, 3.63) is 27.1 Å². The van der Waals surface area contributed by atoms with E-state index in [9.17, 15) is 14.4 Å². The van der Waals surface area contributed by atoms with Crippen molar-refractivity contribution >= 4 is 33.4 Å². The third-order valence-electron chi connectivity index (χ3n) is 4.01. The predicted molar refractivity (Wildman–Crippen MR) is 89.1 cm³/mol. The number of thiophene rings is 1. The summed E-state index contributed by atoms with van der Waals surface area (Å²) in [5, 5.41) is 3.10. The third-order valence-corrected chi connectivity index (χ3v) is 5.22. The second-order valence-corrected chi connectivity index (χ2v) is 6.72. The fourth-order valence-electron chi connectivity index (χ4n) is 2.75. The summed E-state index contributed by atoms with van der Waals surface area (Å²) >= 11 is 1.08. The van der Waals surface area contributed by atoms with Crippen molar-refractivity contribution in [1.82, 2.24) is 14.9 Å². The first-order chi connectivity index (χ1) is 11.5. The van der Waals surface area contributed by atoms with E-state index in [1.54, 1.807) is 6.92 Å². The Bertz CT molecular complexity index is 851. The molecule has 24 heavy (non-hydrogen) atoms. The van der Waals surface area contributed by atoms with Crippen LogP contribution < -0.4 is 16.6 Å². The van der Waals surface area contributed by atoms with Gasteiger partial charge in [0.2, 0.25) is 5.91 Å². The fraction of sp³-hybridized carbons (Fsp3) is 0.467. The molecule has 0 unspecified atom stereocenters. The smallest absolute Gasteiger partial charge is 0.262 e. The van der Waals surface area contributed by atoms with Crippen LogP contribution in [-0.4, -0.2) is 40.6 Å². The Labute approximate surface area is 141 Å². The highest BCUT2D eigenvalue weighted by Crippen LogP contribution is 2.26. The molecule has 3 N–H and O–H groups in total. The van der Waals surface area contributed by atoms with Crippen molar-refractivity contribution in [2.45, 2.75) is 32.4 Å². The third kappa shape index (κ3) is 3.17. The minimum Gasteiger partial charge on any atom is -0.376 e. The van der Waals surface area contributed by atoms with Crippen molar-refractivity contribution < 1.29 is 14.3 Å². The summed E-state index contributed by atoms with van der Waals surface area (Å²) in [4.78, 5) is 40.9. The highest BCUT2D eigenvalue weighted by Gasteiger charge is 2.19. The maximum Gasteiger partial charge on any atom is 0.262 e.